The number of halogens is 2. The first-order valence-corrected chi connectivity index (χ1v) is 24.5. The molecule has 1 aliphatic carbocycles. The van der Waals surface area contributed by atoms with Crippen LogP contribution < -0.4 is 16.0 Å². The van der Waals surface area contributed by atoms with Crippen LogP contribution in [0.5, 0.6) is 0 Å². The Morgan fingerprint density at radius 2 is 1.85 bits per heavy atom. The number of aliphatic imine (C=N–C) groups is 1. The Bertz CT molecular complexity index is 2380. The van der Waals surface area contributed by atoms with Gasteiger partial charge in [-0.25, -0.2) is 35.4 Å². The van der Waals surface area contributed by atoms with E-state index in [1.807, 2.05) is 24.1 Å². The molecule has 1 aromatic heterocycles. The average Bonchev–Trinajstić information content (AvgIpc) is 3.84. The Hall–Kier alpha value is -4.65. The summed E-state index contributed by atoms with van der Waals surface area (Å²) in [6.07, 6.45) is 11.9. The van der Waals surface area contributed by atoms with Gasteiger partial charge in [-0.15, -0.1) is 0 Å². The fourth-order valence-corrected chi connectivity index (χ4v) is 11.7. The van der Waals surface area contributed by atoms with Crippen LogP contribution in [0.3, 0.4) is 0 Å². The molecule has 14 nitrogen and oxygen atoms in total. The lowest BCUT2D eigenvalue weighted by atomic mass is 9.58. The molecule has 3 aliphatic rings. The van der Waals surface area contributed by atoms with Crippen molar-refractivity contribution >= 4 is 37.7 Å². The molecule has 1 amide bonds. The number of hydrogen-bond donors (Lipinski definition) is 2. The third-order valence-electron chi connectivity index (χ3n) is 12.7. The Balaban J connectivity index is 0.00000748. The molecule has 62 heavy (non-hydrogen) atoms. The van der Waals surface area contributed by atoms with Crippen molar-refractivity contribution in [1.82, 2.24) is 24.7 Å². The van der Waals surface area contributed by atoms with E-state index in [9.17, 15) is 21.6 Å². The second kappa shape index (κ2) is 19.8. The first-order chi connectivity index (χ1) is 29.5. The van der Waals surface area contributed by atoms with E-state index in [1.165, 1.54) is 31.4 Å². The number of nitrogens with one attached hydrogen (secondary N) is 1. The predicted octanol–water partition coefficient (Wildman–Crippen LogP) is 5.29. The maximum absolute atomic E-state index is 16.5. The number of carbonyl (C=O) groups excluding carboxylic acids is 1. The number of nitrogens with two attached hydrogens (primary N) is 1. The first-order valence-electron chi connectivity index (χ1n) is 21.0. The molecule has 0 bridgehead atoms. The van der Waals surface area contributed by atoms with Gasteiger partial charge in [0.05, 0.1) is 24.2 Å². The van der Waals surface area contributed by atoms with Crippen LogP contribution in [0.1, 0.15) is 50.5 Å². The number of piperidine rings is 1. The van der Waals surface area contributed by atoms with Gasteiger partial charge in [-0.05, 0) is 101 Å². The maximum atomic E-state index is 16.5. The van der Waals surface area contributed by atoms with Crippen LogP contribution in [0.25, 0.3) is 0 Å². The SMILES string of the molecule is COC(=O)N[C@H]1CCC[C@@H]1[C@](Cn1ccnc1C)(c1cccc(F)c1)C1CCN(CC2CN(c3ccc(S(=O)(=O)/C(C=NC/C=C/S(C)(=O)=O)=C/N)c(CN(C)C)c3F)C2)CC1.[HH]. The lowest BCUT2D eigenvalue weighted by Gasteiger charge is -2.51. The van der Waals surface area contributed by atoms with E-state index in [1.54, 1.807) is 37.3 Å². The number of benzene rings is 2. The highest BCUT2D eigenvalue weighted by Crippen LogP contribution is 2.52. The quantitative estimate of drug-likeness (QED) is 0.169. The minimum Gasteiger partial charge on any atom is -0.453 e. The van der Waals surface area contributed by atoms with Gasteiger partial charge in [-0.3, -0.25) is 4.99 Å². The van der Waals surface area contributed by atoms with Crippen LogP contribution in [0.4, 0.5) is 19.3 Å². The second-order valence-electron chi connectivity index (χ2n) is 17.2. The molecule has 0 radical (unpaired) electrons. The number of likely N-dealkylation sites (tertiary alicyclic amines) is 1. The number of carbonyl (C=O) groups is 1. The summed E-state index contributed by atoms with van der Waals surface area (Å²) in [5.41, 5.74) is 6.48. The smallest absolute Gasteiger partial charge is 0.407 e. The van der Waals surface area contributed by atoms with Gasteiger partial charge >= 0.3 is 6.09 Å². The average molecular weight is 901 g/mol. The molecule has 2 aliphatic heterocycles. The highest BCUT2D eigenvalue weighted by atomic mass is 32.2. The molecule has 18 heteroatoms. The number of alkyl carbamates (subject to hydrolysis) is 1. The molecule has 3 heterocycles. The number of ether oxygens (including phenoxy) is 1. The van der Waals surface area contributed by atoms with Gasteiger partial charge in [0.1, 0.15) is 16.5 Å². The third kappa shape index (κ3) is 10.6. The van der Waals surface area contributed by atoms with Crippen molar-refractivity contribution in [2.24, 2.45) is 28.5 Å². The number of allylic oxidation sites excluding steroid dienone is 1. The zero-order valence-corrected chi connectivity index (χ0v) is 37.8. The topological polar surface area (TPSA) is 173 Å². The highest BCUT2D eigenvalue weighted by molar-refractivity contribution is 7.96. The van der Waals surface area contributed by atoms with Crippen molar-refractivity contribution in [3.8, 4) is 0 Å². The van der Waals surface area contributed by atoms with E-state index in [-0.39, 0.29) is 59.5 Å². The molecule has 3 fully saturated rings. The van der Waals surface area contributed by atoms with Crippen LogP contribution in [0, 0.1) is 36.3 Å². The predicted molar refractivity (Wildman–Crippen MR) is 239 cm³/mol. The molecular formula is C44H62F2N8O6S2. The largest absolute Gasteiger partial charge is 0.453 e. The molecule has 340 valence electrons. The summed E-state index contributed by atoms with van der Waals surface area (Å²) in [4.78, 5) is 26.7. The number of amides is 1. The lowest BCUT2D eigenvalue weighted by Crippen LogP contribution is -2.56. The Kier molecular flexibility index (Phi) is 15.0. The number of rotatable bonds is 17. The monoisotopic (exact) mass is 900 g/mol. The fraction of sp³-hybridized carbons (Fsp3) is 0.523. The van der Waals surface area contributed by atoms with Gasteiger partial charge in [0.2, 0.25) is 9.84 Å². The van der Waals surface area contributed by atoms with E-state index in [2.05, 4.69) is 24.8 Å². The number of methoxy groups -OCH3 is 1. The van der Waals surface area contributed by atoms with Crippen molar-refractivity contribution in [3.05, 3.63) is 100.0 Å². The fourth-order valence-electron chi connectivity index (χ4n) is 9.86. The number of imidazole rings is 1. The summed E-state index contributed by atoms with van der Waals surface area (Å²) in [5, 5.41) is 4.11. The normalized spacial score (nSPS) is 20.9. The molecular weight excluding hydrogens is 839 g/mol. The molecule has 2 saturated heterocycles. The Morgan fingerprint density at radius 3 is 2.48 bits per heavy atom. The van der Waals surface area contributed by atoms with Gasteiger partial charge < -0.3 is 35.1 Å². The maximum Gasteiger partial charge on any atom is 0.407 e. The van der Waals surface area contributed by atoms with Crippen molar-refractivity contribution < 1.29 is 36.6 Å². The van der Waals surface area contributed by atoms with Gasteiger partial charge in [0.15, 0.2) is 15.7 Å². The van der Waals surface area contributed by atoms with Crippen molar-refractivity contribution in [2.45, 2.75) is 68.5 Å². The third-order valence-corrected chi connectivity index (χ3v) is 15.2. The number of nitrogens with zero attached hydrogens (tertiary/aromatic N) is 6. The van der Waals surface area contributed by atoms with Crippen LogP contribution in [-0.2, 0) is 42.9 Å². The molecule has 6 rings (SSSR count). The molecule has 3 atom stereocenters. The molecule has 2 aromatic carbocycles. The summed E-state index contributed by atoms with van der Waals surface area (Å²) in [6, 6.07) is 9.75. The number of aryl methyl sites for hydroxylation is 1. The van der Waals surface area contributed by atoms with Crippen molar-refractivity contribution in [1.29, 1.82) is 0 Å². The zero-order chi connectivity index (χ0) is 44.8. The van der Waals surface area contributed by atoms with E-state index in [0.717, 1.165) is 87.2 Å². The van der Waals surface area contributed by atoms with E-state index < -0.39 is 37.0 Å². The number of anilines is 1. The van der Waals surface area contributed by atoms with E-state index in [0.29, 0.717) is 25.3 Å². The summed E-state index contributed by atoms with van der Waals surface area (Å²) in [7, 11) is -2.83. The first kappa shape index (κ1) is 46.8. The minimum absolute atomic E-state index is 0. The number of aromatic nitrogens is 2. The molecule has 0 spiro atoms. The van der Waals surface area contributed by atoms with Gasteiger partial charge in [0, 0.05) is 93.6 Å². The van der Waals surface area contributed by atoms with Crippen LogP contribution in [-0.4, -0.2) is 121 Å². The Labute approximate surface area is 366 Å². The van der Waals surface area contributed by atoms with Crippen LogP contribution in [0.2, 0.25) is 0 Å². The molecule has 1 saturated carbocycles. The summed E-state index contributed by atoms with van der Waals surface area (Å²) in [5.74, 6) is 0.418. The molecule has 3 aromatic rings. The standard InChI is InChI=1S/C44H60F2N8O6S2.H2/c1-31-49-18-21-53(31)30-44(34-9-6-10-35(45)23-34,38-11-7-12-39(38)50-43(55)60-4)33-15-19-52(20-16-33)26-32-27-54(28-32)40-13-14-41(37(42(40)46)29-51(2)3)62(58,59)36(24-47)25-48-17-8-22-61(5,56)57;/h6,8-10,13-14,18,21-25,32-33,38-39H,7,11-12,15-17,19-20,26-30,47H2,1-5H3,(H,50,55);1H/b22-8+,36-24+,48-25?;/t38-,39-,44-;/m0./s1. The zero-order valence-electron chi connectivity index (χ0n) is 36.2. The van der Waals surface area contributed by atoms with Crippen LogP contribution in [0.15, 0.2) is 81.3 Å². The Morgan fingerprint density at radius 1 is 1.11 bits per heavy atom. The van der Waals surface area contributed by atoms with E-state index >= 15 is 8.78 Å². The van der Waals surface area contributed by atoms with Gasteiger partial charge in [-0.2, -0.15) is 0 Å². The summed E-state index contributed by atoms with van der Waals surface area (Å²) < 4.78 is 89.2. The minimum atomic E-state index is -4.29. The summed E-state index contributed by atoms with van der Waals surface area (Å²) >= 11 is 0. The molecule has 3 N–H and O–H groups in total. The van der Waals surface area contributed by atoms with Crippen LogP contribution >= 0.6 is 0 Å². The van der Waals surface area contributed by atoms with Gasteiger partial charge in [-0.1, -0.05) is 24.6 Å². The lowest BCUT2D eigenvalue weighted by molar-refractivity contribution is 0.0542. The summed E-state index contributed by atoms with van der Waals surface area (Å²) in [6.45, 7) is 6.16. The number of hydrogen-bond acceptors (Lipinski definition) is 12. The van der Waals surface area contributed by atoms with Gasteiger partial charge in [0.25, 0.3) is 0 Å². The molecule has 0 unspecified atom stereocenters. The van der Waals surface area contributed by atoms with Crippen molar-refractivity contribution in [2.75, 3.05) is 71.6 Å². The second-order valence-corrected chi connectivity index (χ2v) is 21.0. The van der Waals surface area contributed by atoms with E-state index in [4.69, 9.17) is 10.5 Å². The highest BCUT2D eigenvalue weighted by Gasteiger charge is 2.52. The number of sulfone groups is 2. The van der Waals surface area contributed by atoms with Crippen molar-refractivity contribution in [3.63, 3.8) is 0 Å².